The van der Waals surface area contributed by atoms with E-state index in [0.717, 1.165) is 135 Å². The normalized spacial score (nSPS) is 13.0. The maximum absolute atomic E-state index is 12.9. The van der Waals surface area contributed by atoms with E-state index in [1.165, 1.54) is 96.3 Å². The van der Waals surface area contributed by atoms with E-state index >= 15 is 0 Å². The van der Waals surface area contributed by atoms with E-state index < -0.39 is 6.10 Å². The minimum Gasteiger partial charge on any atom is -0.462 e. The summed E-state index contributed by atoms with van der Waals surface area (Å²) >= 11 is 0. The second-order valence-electron chi connectivity index (χ2n) is 19.9. The number of hydrogen-bond donors (Lipinski definition) is 0. The molecule has 0 N–H and O–H groups in total. The van der Waals surface area contributed by atoms with Crippen molar-refractivity contribution >= 4 is 17.9 Å². The average Bonchev–Trinajstić information content (AvgIpc) is 3.40. The van der Waals surface area contributed by atoms with Crippen LogP contribution in [0.5, 0.6) is 0 Å². The van der Waals surface area contributed by atoms with Gasteiger partial charge in [0.1, 0.15) is 13.2 Å². The minimum atomic E-state index is -0.813. The third-order valence-corrected chi connectivity index (χ3v) is 12.7. The largest absolute Gasteiger partial charge is 0.462 e. The van der Waals surface area contributed by atoms with Gasteiger partial charge in [-0.2, -0.15) is 0 Å². The van der Waals surface area contributed by atoms with Gasteiger partial charge in [0.25, 0.3) is 0 Å². The minimum absolute atomic E-state index is 0.103. The number of rotatable bonds is 54. The molecule has 0 aromatic carbocycles. The Kier molecular flexibility index (Phi) is 57.9. The van der Waals surface area contributed by atoms with Gasteiger partial charge < -0.3 is 14.2 Å². The number of hydrogen-bond acceptors (Lipinski definition) is 6. The Bertz CT molecular complexity index is 1550. The van der Waals surface area contributed by atoms with Gasteiger partial charge in [0.05, 0.1) is 0 Å². The number of allylic oxidation sites excluding steroid dienone is 20. The molecule has 420 valence electrons. The molecular weight excluding hydrogens is 913 g/mol. The number of ether oxygens (including phenoxy) is 3. The summed E-state index contributed by atoms with van der Waals surface area (Å²) in [6.07, 6.45) is 84.8. The smallest absolute Gasteiger partial charge is 0.306 e. The fourth-order valence-electron chi connectivity index (χ4n) is 8.20. The van der Waals surface area contributed by atoms with Crippen LogP contribution in [0.3, 0.4) is 0 Å². The van der Waals surface area contributed by atoms with Crippen LogP contribution in [0.25, 0.3) is 0 Å². The van der Waals surface area contributed by atoms with Crippen LogP contribution in [0, 0.1) is 0 Å². The molecule has 0 aliphatic carbocycles. The van der Waals surface area contributed by atoms with Gasteiger partial charge in [-0.1, -0.05) is 264 Å². The zero-order valence-electron chi connectivity index (χ0n) is 48.1. The van der Waals surface area contributed by atoms with Crippen LogP contribution in [-0.2, 0) is 28.6 Å². The average molecular weight is 1030 g/mol. The molecule has 0 aliphatic heterocycles. The Hall–Kier alpha value is -4.19. The van der Waals surface area contributed by atoms with E-state index in [2.05, 4.69) is 142 Å². The monoisotopic (exact) mass is 1020 g/mol. The highest BCUT2D eigenvalue weighted by Gasteiger charge is 2.19. The summed E-state index contributed by atoms with van der Waals surface area (Å²) in [5.41, 5.74) is 0. The predicted octanol–water partition coefficient (Wildman–Crippen LogP) is 20.8. The fourth-order valence-corrected chi connectivity index (χ4v) is 8.20. The molecular formula is C68H112O6. The predicted molar refractivity (Wildman–Crippen MR) is 320 cm³/mol. The van der Waals surface area contributed by atoms with Crippen LogP contribution in [0.15, 0.2) is 122 Å². The topological polar surface area (TPSA) is 78.9 Å². The molecule has 0 bridgehead atoms. The molecule has 0 fully saturated rings. The second-order valence-corrected chi connectivity index (χ2v) is 19.9. The maximum atomic E-state index is 12.9. The molecule has 0 saturated carbocycles. The van der Waals surface area contributed by atoms with E-state index in [1.54, 1.807) is 0 Å². The molecule has 6 heteroatoms. The van der Waals surface area contributed by atoms with Crippen LogP contribution in [0.4, 0.5) is 0 Å². The molecule has 0 unspecified atom stereocenters. The molecule has 6 nitrogen and oxygen atoms in total. The van der Waals surface area contributed by atoms with Gasteiger partial charge in [0.2, 0.25) is 0 Å². The number of esters is 3. The molecule has 0 aromatic rings. The third kappa shape index (κ3) is 58.7. The molecule has 0 amide bonds. The van der Waals surface area contributed by atoms with Gasteiger partial charge in [-0.05, 0) is 109 Å². The van der Waals surface area contributed by atoms with Crippen LogP contribution in [0.2, 0.25) is 0 Å². The van der Waals surface area contributed by atoms with Crippen molar-refractivity contribution in [1.82, 2.24) is 0 Å². The molecule has 0 aliphatic rings. The van der Waals surface area contributed by atoms with Crippen molar-refractivity contribution in [3.63, 3.8) is 0 Å². The lowest BCUT2D eigenvalue weighted by molar-refractivity contribution is -0.167. The molecule has 1 atom stereocenters. The standard InChI is InChI=1S/C68H112O6/c1-4-7-10-13-16-19-22-25-28-31-34-37-40-43-46-49-52-55-58-61-67(70)73-64-65(63-72-66(69)60-57-54-51-48-45-42-39-36-33-30-27-24-21-18-15-12-9-6-3)74-68(71)62-59-56-53-50-47-44-41-38-35-32-29-26-23-20-17-14-11-8-5-2/h7-8,10-11,16-17,19-20,25-26,28-29,34-35,37-38,43-44,46-47,65H,4-6,9,12-15,18,21-24,27,30-33,36,39-42,45,48-64H2,1-3H3/b10-7+,11-8+,19-16+,20-17+,28-25+,29-26+,37-34+,38-35+,46-43+,47-44+/t65-/m1/s1. The van der Waals surface area contributed by atoms with Crippen LogP contribution < -0.4 is 0 Å². The summed E-state index contributed by atoms with van der Waals surface area (Å²) in [5, 5.41) is 0. The summed E-state index contributed by atoms with van der Waals surface area (Å²) in [6.45, 7) is 6.37. The summed E-state index contributed by atoms with van der Waals surface area (Å²) in [5.74, 6) is -0.965. The Morgan fingerprint density at radius 2 is 0.527 bits per heavy atom. The Morgan fingerprint density at radius 1 is 0.284 bits per heavy atom. The third-order valence-electron chi connectivity index (χ3n) is 12.7. The van der Waals surface area contributed by atoms with E-state index in [-0.39, 0.29) is 37.5 Å². The van der Waals surface area contributed by atoms with Gasteiger partial charge in [-0.15, -0.1) is 0 Å². The highest BCUT2D eigenvalue weighted by Crippen LogP contribution is 2.16. The van der Waals surface area contributed by atoms with Crippen molar-refractivity contribution in [1.29, 1.82) is 0 Å². The Morgan fingerprint density at radius 3 is 0.824 bits per heavy atom. The summed E-state index contributed by atoms with van der Waals surface area (Å²) in [6, 6.07) is 0. The van der Waals surface area contributed by atoms with Crippen molar-refractivity contribution in [2.75, 3.05) is 13.2 Å². The first kappa shape index (κ1) is 69.8. The van der Waals surface area contributed by atoms with Gasteiger partial charge in [0.15, 0.2) is 6.10 Å². The molecule has 0 heterocycles. The lowest BCUT2D eigenvalue weighted by atomic mass is 10.0. The molecule has 74 heavy (non-hydrogen) atoms. The molecule has 0 aromatic heterocycles. The molecule has 0 saturated heterocycles. The van der Waals surface area contributed by atoms with Gasteiger partial charge in [-0.3, -0.25) is 14.4 Å². The first-order chi connectivity index (χ1) is 36.5. The van der Waals surface area contributed by atoms with Crippen molar-refractivity contribution in [2.45, 2.75) is 277 Å². The van der Waals surface area contributed by atoms with E-state index in [9.17, 15) is 14.4 Å². The summed E-state index contributed by atoms with van der Waals surface area (Å²) in [4.78, 5) is 38.3. The van der Waals surface area contributed by atoms with Crippen molar-refractivity contribution in [3.8, 4) is 0 Å². The van der Waals surface area contributed by atoms with Crippen molar-refractivity contribution in [2.24, 2.45) is 0 Å². The fraction of sp³-hybridized carbons (Fsp3) is 0.662. The zero-order chi connectivity index (χ0) is 53.6. The molecule has 0 spiro atoms. The highest BCUT2D eigenvalue weighted by atomic mass is 16.6. The number of unbranched alkanes of at least 4 members (excludes halogenated alkanes) is 23. The van der Waals surface area contributed by atoms with Crippen LogP contribution in [-0.4, -0.2) is 37.2 Å². The van der Waals surface area contributed by atoms with Crippen molar-refractivity contribution in [3.05, 3.63) is 122 Å². The van der Waals surface area contributed by atoms with Gasteiger partial charge >= 0.3 is 17.9 Å². The first-order valence-corrected chi connectivity index (χ1v) is 30.5. The molecule has 0 rings (SSSR count). The van der Waals surface area contributed by atoms with Crippen LogP contribution >= 0.6 is 0 Å². The maximum Gasteiger partial charge on any atom is 0.306 e. The highest BCUT2D eigenvalue weighted by molar-refractivity contribution is 5.71. The van der Waals surface area contributed by atoms with E-state index in [1.807, 2.05) is 0 Å². The van der Waals surface area contributed by atoms with E-state index in [0.29, 0.717) is 12.8 Å². The lowest BCUT2D eigenvalue weighted by Gasteiger charge is -2.18. The Balaban J connectivity index is 4.51. The van der Waals surface area contributed by atoms with Gasteiger partial charge in [0, 0.05) is 19.3 Å². The number of carbonyl (C=O) groups is 3. The summed E-state index contributed by atoms with van der Waals surface area (Å²) < 4.78 is 16.9. The first-order valence-electron chi connectivity index (χ1n) is 30.5. The quantitative estimate of drug-likeness (QED) is 0.0261. The Labute approximate surface area is 456 Å². The van der Waals surface area contributed by atoms with Gasteiger partial charge in [-0.25, -0.2) is 0 Å². The lowest BCUT2D eigenvalue weighted by Crippen LogP contribution is -2.30. The second kappa shape index (κ2) is 61.4. The number of carbonyl (C=O) groups excluding carboxylic acids is 3. The zero-order valence-corrected chi connectivity index (χ0v) is 48.1. The summed E-state index contributed by atoms with van der Waals surface area (Å²) in [7, 11) is 0. The van der Waals surface area contributed by atoms with Crippen LogP contribution in [0.1, 0.15) is 271 Å². The molecule has 0 radical (unpaired) electrons. The van der Waals surface area contributed by atoms with Crippen molar-refractivity contribution < 1.29 is 28.6 Å². The SMILES string of the molecule is CC/C=C/C/C=C/C/C=C/C/C=C/C/C=C/CCCCCC(=O)OC[C@@H](COC(=O)CCCCCCCCCCCCCCCCCCCC)OC(=O)CCCCC/C=C/C/C=C/C/C=C/C/C=C/C/C=C/CC. The van der Waals surface area contributed by atoms with E-state index in [4.69, 9.17) is 14.2 Å².